The van der Waals surface area contributed by atoms with Crippen LogP contribution in [-0.4, -0.2) is 59.0 Å². The van der Waals surface area contributed by atoms with Crippen LogP contribution in [0.25, 0.3) is 0 Å². The molecule has 1 aromatic carbocycles. The molecule has 1 aliphatic rings. The quantitative estimate of drug-likeness (QED) is 0.717. The molecule has 1 aliphatic heterocycles. The summed E-state index contributed by atoms with van der Waals surface area (Å²) < 4.78 is 5.39. The van der Waals surface area contributed by atoms with Crippen molar-refractivity contribution < 1.29 is 9.53 Å². The number of carbonyl (C=O) groups is 1. The summed E-state index contributed by atoms with van der Waals surface area (Å²) in [6, 6.07) is 12.9. The highest BCUT2D eigenvalue weighted by Gasteiger charge is 2.25. The first-order chi connectivity index (χ1) is 14.3. The standard InChI is InChI=1S/C21H22N6O2/c1-29-18-8-3-2-7-17(18)25-19-16(6-4-9-22-19)20(28)26-12-14-27(15-13-26)21-23-10-5-11-24-21/h2-11H,12-15H2,1H3,(H,22,25). The summed E-state index contributed by atoms with van der Waals surface area (Å²) in [5.41, 5.74) is 1.29. The summed E-state index contributed by atoms with van der Waals surface area (Å²) in [4.78, 5) is 30.1. The number of nitrogens with one attached hydrogen (secondary N) is 1. The lowest BCUT2D eigenvalue weighted by molar-refractivity contribution is 0.0747. The van der Waals surface area contributed by atoms with E-state index in [0.717, 1.165) is 5.69 Å². The van der Waals surface area contributed by atoms with Crippen LogP contribution in [0.2, 0.25) is 0 Å². The molecule has 3 aromatic rings. The molecule has 0 atom stereocenters. The second-order valence-electron chi connectivity index (χ2n) is 6.55. The van der Waals surface area contributed by atoms with Crippen LogP contribution in [0.5, 0.6) is 5.75 Å². The summed E-state index contributed by atoms with van der Waals surface area (Å²) in [6.45, 7) is 2.57. The number of para-hydroxylation sites is 2. The Morgan fingerprint density at radius 2 is 1.66 bits per heavy atom. The van der Waals surface area contributed by atoms with Crippen molar-refractivity contribution in [2.24, 2.45) is 0 Å². The van der Waals surface area contributed by atoms with Crippen LogP contribution >= 0.6 is 0 Å². The zero-order chi connectivity index (χ0) is 20.1. The van der Waals surface area contributed by atoms with E-state index in [1.807, 2.05) is 29.2 Å². The molecule has 1 saturated heterocycles. The Morgan fingerprint density at radius 3 is 2.41 bits per heavy atom. The van der Waals surface area contributed by atoms with E-state index in [2.05, 4.69) is 25.2 Å². The van der Waals surface area contributed by atoms with E-state index in [4.69, 9.17) is 4.74 Å². The molecule has 29 heavy (non-hydrogen) atoms. The predicted octanol–water partition coefficient (Wildman–Crippen LogP) is 2.59. The number of methoxy groups -OCH3 is 1. The second kappa shape index (κ2) is 8.55. The number of rotatable bonds is 5. The monoisotopic (exact) mass is 390 g/mol. The van der Waals surface area contributed by atoms with Crippen LogP contribution in [0.4, 0.5) is 17.5 Å². The molecule has 148 valence electrons. The van der Waals surface area contributed by atoms with Gasteiger partial charge in [-0.2, -0.15) is 0 Å². The third-order valence-corrected chi connectivity index (χ3v) is 4.80. The van der Waals surface area contributed by atoms with Crippen molar-refractivity contribution in [3.05, 3.63) is 66.6 Å². The molecule has 0 unspecified atom stereocenters. The maximum atomic E-state index is 13.2. The Hall–Kier alpha value is -3.68. The van der Waals surface area contributed by atoms with E-state index in [9.17, 15) is 4.79 Å². The van der Waals surface area contributed by atoms with E-state index < -0.39 is 0 Å². The molecule has 2 aromatic heterocycles. The van der Waals surface area contributed by atoms with Crippen LogP contribution < -0.4 is 15.0 Å². The Bertz CT molecular complexity index is 974. The SMILES string of the molecule is COc1ccccc1Nc1ncccc1C(=O)N1CCN(c2ncccn2)CC1. The lowest BCUT2D eigenvalue weighted by atomic mass is 10.2. The first-order valence-corrected chi connectivity index (χ1v) is 9.42. The topological polar surface area (TPSA) is 83.5 Å². The molecule has 1 N–H and O–H groups in total. The molecular weight excluding hydrogens is 368 g/mol. The summed E-state index contributed by atoms with van der Waals surface area (Å²) in [5.74, 6) is 1.84. The van der Waals surface area contributed by atoms with E-state index in [1.165, 1.54) is 0 Å². The van der Waals surface area contributed by atoms with Gasteiger partial charge in [-0.3, -0.25) is 4.79 Å². The number of amides is 1. The number of aromatic nitrogens is 3. The average molecular weight is 390 g/mol. The largest absolute Gasteiger partial charge is 0.495 e. The molecule has 8 heteroatoms. The van der Waals surface area contributed by atoms with Gasteiger partial charge in [0.25, 0.3) is 5.91 Å². The van der Waals surface area contributed by atoms with Crippen molar-refractivity contribution in [2.75, 3.05) is 43.5 Å². The highest BCUT2D eigenvalue weighted by atomic mass is 16.5. The highest BCUT2D eigenvalue weighted by molar-refractivity contribution is 5.99. The minimum Gasteiger partial charge on any atom is -0.495 e. The van der Waals surface area contributed by atoms with Crippen LogP contribution in [0.15, 0.2) is 61.1 Å². The van der Waals surface area contributed by atoms with E-state index >= 15 is 0 Å². The molecule has 0 aliphatic carbocycles. The molecule has 4 rings (SSSR count). The molecule has 0 saturated carbocycles. The molecule has 3 heterocycles. The van der Waals surface area contributed by atoms with Crippen molar-refractivity contribution in [3.8, 4) is 5.75 Å². The summed E-state index contributed by atoms with van der Waals surface area (Å²) in [6.07, 6.45) is 5.12. The maximum Gasteiger partial charge on any atom is 0.257 e. The van der Waals surface area contributed by atoms with E-state index in [0.29, 0.717) is 49.3 Å². The van der Waals surface area contributed by atoms with Crippen LogP contribution in [-0.2, 0) is 0 Å². The van der Waals surface area contributed by atoms with Crippen LogP contribution in [0, 0.1) is 0 Å². The van der Waals surface area contributed by atoms with Gasteiger partial charge in [0.1, 0.15) is 11.6 Å². The lowest BCUT2D eigenvalue weighted by Gasteiger charge is -2.34. The number of anilines is 3. The van der Waals surface area contributed by atoms with Crippen molar-refractivity contribution in [1.82, 2.24) is 19.9 Å². The van der Waals surface area contributed by atoms with Gasteiger partial charge in [0, 0.05) is 44.8 Å². The maximum absolute atomic E-state index is 13.2. The minimum absolute atomic E-state index is 0.0517. The normalized spacial score (nSPS) is 13.8. The number of carbonyl (C=O) groups excluding carboxylic acids is 1. The number of pyridine rings is 1. The second-order valence-corrected chi connectivity index (χ2v) is 6.55. The van der Waals surface area contributed by atoms with Crippen molar-refractivity contribution in [1.29, 1.82) is 0 Å². The van der Waals surface area contributed by atoms with Crippen LogP contribution in [0.3, 0.4) is 0 Å². The summed E-state index contributed by atoms with van der Waals surface area (Å²) in [5, 5.41) is 3.23. The molecular formula is C21H22N6O2. The Labute approximate surface area is 169 Å². The molecule has 0 bridgehead atoms. The van der Waals surface area contributed by atoms with Gasteiger partial charge in [0.2, 0.25) is 5.95 Å². The van der Waals surface area contributed by atoms with Crippen molar-refractivity contribution in [3.63, 3.8) is 0 Å². The first kappa shape index (κ1) is 18.7. The van der Waals surface area contributed by atoms with E-state index in [1.54, 1.807) is 43.9 Å². The third-order valence-electron chi connectivity index (χ3n) is 4.80. The van der Waals surface area contributed by atoms with E-state index in [-0.39, 0.29) is 5.91 Å². The van der Waals surface area contributed by atoms with Gasteiger partial charge < -0.3 is 19.9 Å². The number of ether oxygens (including phenoxy) is 1. The van der Waals surface area contributed by atoms with Crippen molar-refractivity contribution in [2.45, 2.75) is 0 Å². The lowest BCUT2D eigenvalue weighted by Crippen LogP contribution is -2.49. The number of hydrogen-bond acceptors (Lipinski definition) is 7. The van der Waals surface area contributed by atoms with Gasteiger partial charge in [-0.15, -0.1) is 0 Å². The zero-order valence-electron chi connectivity index (χ0n) is 16.2. The molecule has 1 fully saturated rings. The smallest absolute Gasteiger partial charge is 0.257 e. The fourth-order valence-corrected chi connectivity index (χ4v) is 3.29. The summed E-state index contributed by atoms with van der Waals surface area (Å²) in [7, 11) is 1.61. The molecule has 1 amide bonds. The fraction of sp³-hybridized carbons (Fsp3) is 0.238. The average Bonchev–Trinajstić information content (AvgIpc) is 2.80. The Morgan fingerprint density at radius 1 is 0.931 bits per heavy atom. The number of nitrogens with zero attached hydrogens (tertiary/aromatic N) is 5. The number of hydrogen-bond donors (Lipinski definition) is 1. The molecule has 8 nitrogen and oxygen atoms in total. The third kappa shape index (κ3) is 4.11. The number of piperazine rings is 1. The molecule has 0 spiro atoms. The van der Waals surface area contributed by atoms with Gasteiger partial charge >= 0.3 is 0 Å². The fourth-order valence-electron chi connectivity index (χ4n) is 3.29. The Kier molecular flexibility index (Phi) is 5.51. The van der Waals surface area contributed by atoms with Gasteiger partial charge in [-0.1, -0.05) is 12.1 Å². The van der Waals surface area contributed by atoms with Crippen molar-refractivity contribution >= 4 is 23.4 Å². The highest BCUT2D eigenvalue weighted by Crippen LogP contribution is 2.28. The first-order valence-electron chi connectivity index (χ1n) is 9.42. The minimum atomic E-state index is -0.0517. The van der Waals surface area contributed by atoms with Gasteiger partial charge in [-0.05, 0) is 30.3 Å². The number of benzene rings is 1. The van der Waals surface area contributed by atoms with Crippen LogP contribution in [0.1, 0.15) is 10.4 Å². The van der Waals surface area contributed by atoms with Gasteiger partial charge in [0.15, 0.2) is 0 Å². The Balaban J connectivity index is 1.49. The van der Waals surface area contributed by atoms with Gasteiger partial charge in [-0.25, -0.2) is 15.0 Å². The molecule has 0 radical (unpaired) electrons. The predicted molar refractivity (Wildman–Crippen MR) is 111 cm³/mol. The zero-order valence-corrected chi connectivity index (χ0v) is 16.2. The van der Waals surface area contributed by atoms with Gasteiger partial charge in [0.05, 0.1) is 18.4 Å². The summed E-state index contributed by atoms with van der Waals surface area (Å²) >= 11 is 0.